The zero-order valence-corrected chi connectivity index (χ0v) is 9.72. The van der Waals surface area contributed by atoms with E-state index in [2.05, 4.69) is 13.8 Å². The Hall–Kier alpha value is -0.0800. The molecule has 0 aromatic rings. The van der Waals surface area contributed by atoms with Crippen molar-refractivity contribution in [3.05, 3.63) is 0 Å². The minimum atomic E-state index is -0.00554. The Balaban J connectivity index is 2.30. The van der Waals surface area contributed by atoms with Gasteiger partial charge < -0.3 is 10.5 Å². The fourth-order valence-corrected chi connectivity index (χ4v) is 2.30. The molecule has 1 fully saturated rings. The standard InChI is InChI=1S/C12H25NO/c1-3-5-6-11(4-2)9-12(13)7-8-14-10-12/h11H,3-10,13H2,1-2H3. The van der Waals surface area contributed by atoms with Crippen molar-refractivity contribution in [1.29, 1.82) is 0 Å². The normalized spacial score (nSPS) is 29.4. The highest BCUT2D eigenvalue weighted by Crippen LogP contribution is 2.28. The van der Waals surface area contributed by atoms with Gasteiger partial charge in [-0.05, 0) is 18.8 Å². The lowest BCUT2D eigenvalue weighted by atomic mass is 9.84. The molecular formula is C12H25NO. The predicted molar refractivity (Wildman–Crippen MR) is 60.3 cm³/mol. The van der Waals surface area contributed by atoms with E-state index < -0.39 is 0 Å². The summed E-state index contributed by atoms with van der Waals surface area (Å²) in [6.07, 6.45) is 7.45. The molecule has 1 aliphatic rings. The maximum absolute atomic E-state index is 6.28. The van der Waals surface area contributed by atoms with Crippen LogP contribution in [0.4, 0.5) is 0 Å². The zero-order valence-electron chi connectivity index (χ0n) is 9.72. The van der Waals surface area contributed by atoms with Crippen molar-refractivity contribution >= 4 is 0 Å². The molecule has 0 saturated carbocycles. The summed E-state index contributed by atoms with van der Waals surface area (Å²) in [5.41, 5.74) is 6.28. The number of rotatable bonds is 6. The quantitative estimate of drug-likeness (QED) is 0.714. The van der Waals surface area contributed by atoms with Gasteiger partial charge in [-0.3, -0.25) is 0 Å². The van der Waals surface area contributed by atoms with Crippen LogP contribution in [-0.4, -0.2) is 18.8 Å². The monoisotopic (exact) mass is 199 g/mol. The van der Waals surface area contributed by atoms with Crippen LogP contribution in [0.5, 0.6) is 0 Å². The fourth-order valence-electron chi connectivity index (χ4n) is 2.30. The Morgan fingerprint density at radius 2 is 2.21 bits per heavy atom. The molecule has 1 rings (SSSR count). The highest BCUT2D eigenvalue weighted by atomic mass is 16.5. The van der Waals surface area contributed by atoms with Crippen LogP contribution in [0.2, 0.25) is 0 Å². The molecule has 0 aliphatic carbocycles. The van der Waals surface area contributed by atoms with Gasteiger partial charge in [0.05, 0.1) is 6.61 Å². The molecule has 1 saturated heterocycles. The van der Waals surface area contributed by atoms with Crippen molar-refractivity contribution in [2.45, 2.75) is 57.9 Å². The molecule has 2 N–H and O–H groups in total. The lowest BCUT2D eigenvalue weighted by Gasteiger charge is -2.27. The van der Waals surface area contributed by atoms with Crippen molar-refractivity contribution in [1.82, 2.24) is 0 Å². The molecule has 84 valence electrons. The van der Waals surface area contributed by atoms with Crippen LogP contribution in [0.3, 0.4) is 0 Å². The number of unbranched alkanes of at least 4 members (excludes halogenated alkanes) is 1. The van der Waals surface area contributed by atoms with E-state index in [4.69, 9.17) is 10.5 Å². The first kappa shape index (κ1) is 12.0. The van der Waals surface area contributed by atoms with Gasteiger partial charge >= 0.3 is 0 Å². The van der Waals surface area contributed by atoms with Crippen molar-refractivity contribution in [3.63, 3.8) is 0 Å². The SMILES string of the molecule is CCCCC(CC)CC1(N)CCOC1. The number of nitrogens with two attached hydrogens (primary N) is 1. The summed E-state index contributed by atoms with van der Waals surface area (Å²) < 4.78 is 5.38. The van der Waals surface area contributed by atoms with E-state index in [0.29, 0.717) is 0 Å². The second kappa shape index (κ2) is 5.72. The predicted octanol–water partition coefficient (Wildman–Crippen LogP) is 2.71. The molecule has 1 aliphatic heterocycles. The van der Waals surface area contributed by atoms with Crippen LogP contribution in [0.1, 0.15) is 52.4 Å². The van der Waals surface area contributed by atoms with Crippen molar-refractivity contribution in [2.75, 3.05) is 13.2 Å². The lowest BCUT2D eigenvalue weighted by molar-refractivity contribution is 0.167. The summed E-state index contributed by atoms with van der Waals surface area (Å²) in [5, 5.41) is 0. The maximum atomic E-state index is 6.28. The average Bonchev–Trinajstić information content (AvgIpc) is 2.60. The summed E-state index contributed by atoms with van der Waals surface area (Å²) in [5.74, 6) is 0.807. The molecule has 0 spiro atoms. The molecule has 2 unspecified atom stereocenters. The van der Waals surface area contributed by atoms with E-state index in [1.807, 2.05) is 0 Å². The van der Waals surface area contributed by atoms with Gasteiger partial charge in [0.1, 0.15) is 0 Å². The van der Waals surface area contributed by atoms with Crippen LogP contribution >= 0.6 is 0 Å². The van der Waals surface area contributed by atoms with E-state index in [0.717, 1.165) is 32.0 Å². The van der Waals surface area contributed by atoms with Crippen molar-refractivity contribution in [3.8, 4) is 0 Å². The molecule has 0 aromatic heterocycles. The Morgan fingerprint density at radius 3 is 2.71 bits per heavy atom. The van der Waals surface area contributed by atoms with E-state index in [1.54, 1.807) is 0 Å². The molecule has 1 heterocycles. The van der Waals surface area contributed by atoms with Crippen LogP contribution in [0.15, 0.2) is 0 Å². The van der Waals surface area contributed by atoms with Gasteiger partial charge in [-0.25, -0.2) is 0 Å². The largest absolute Gasteiger partial charge is 0.379 e. The van der Waals surface area contributed by atoms with Gasteiger partial charge in [0.15, 0.2) is 0 Å². The molecular weight excluding hydrogens is 174 g/mol. The van der Waals surface area contributed by atoms with E-state index >= 15 is 0 Å². The van der Waals surface area contributed by atoms with Gasteiger partial charge in [-0.2, -0.15) is 0 Å². The highest BCUT2D eigenvalue weighted by Gasteiger charge is 2.32. The Labute approximate surface area is 88.2 Å². The summed E-state index contributed by atoms with van der Waals surface area (Å²) >= 11 is 0. The number of ether oxygens (including phenoxy) is 1. The van der Waals surface area contributed by atoms with Crippen LogP contribution in [0, 0.1) is 5.92 Å². The molecule has 0 amide bonds. The smallest absolute Gasteiger partial charge is 0.0647 e. The second-order valence-electron chi connectivity index (χ2n) is 4.79. The molecule has 0 aromatic carbocycles. The summed E-state index contributed by atoms with van der Waals surface area (Å²) in [6, 6.07) is 0. The van der Waals surface area contributed by atoms with Crippen LogP contribution in [0.25, 0.3) is 0 Å². The maximum Gasteiger partial charge on any atom is 0.0647 e. The first-order chi connectivity index (χ1) is 6.70. The molecule has 0 bridgehead atoms. The van der Waals surface area contributed by atoms with Gasteiger partial charge in [0.2, 0.25) is 0 Å². The molecule has 14 heavy (non-hydrogen) atoms. The second-order valence-corrected chi connectivity index (χ2v) is 4.79. The van der Waals surface area contributed by atoms with E-state index in [1.165, 1.54) is 25.7 Å². The molecule has 2 heteroatoms. The third kappa shape index (κ3) is 3.58. The summed E-state index contributed by atoms with van der Waals surface area (Å²) in [7, 11) is 0. The summed E-state index contributed by atoms with van der Waals surface area (Å²) in [6.45, 7) is 6.17. The van der Waals surface area contributed by atoms with Crippen molar-refractivity contribution < 1.29 is 4.74 Å². The van der Waals surface area contributed by atoms with Gasteiger partial charge in [-0.15, -0.1) is 0 Å². The minimum Gasteiger partial charge on any atom is -0.379 e. The fraction of sp³-hybridized carbons (Fsp3) is 1.00. The summed E-state index contributed by atoms with van der Waals surface area (Å²) in [4.78, 5) is 0. The molecule has 2 nitrogen and oxygen atoms in total. The zero-order chi connectivity index (χ0) is 10.4. The number of hydrogen-bond donors (Lipinski definition) is 1. The number of hydrogen-bond acceptors (Lipinski definition) is 2. The van der Waals surface area contributed by atoms with Crippen LogP contribution in [-0.2, 0) is 4.74 Å². The van der Waals surface area contributed by atoms with Crippen molar-refractivity contribution in [2.24, 2.45) is 11.7 Å². The van der Waals surface area contributed by atoms with Gasteiger partial charge in [0, 0.05) is 12.1 Å². The Morgan fingerprint density at radius 1 is 1.43 bits per heavy atom. The third-order valence-corrected chi connectivity index (χ3v) is 3.37. The van der Waals surface area contributed by atoms with E-state index in [-0.39, 0.29) is 5.54 Å². The first-order valence-corrected chi connectivity index (χ1v) is 6.07. The third-order valence-electron chi connectivity index (χ3n) is 3.37. The average molecular weight is 199 g/mol. The Kier molecular flexibility index (Phi) is 4.90. The first-order valence-electron chi connectivity index (χ1n) is 6.07. The lowest BCUT2D eigenvalue weighted by Crippen LogP contribution is -2.42. The minimum absolute atomic E-state index is 0.00554. The molecule has 2 atom stereocenters. The van der Waals surface area contributed by atoms with E-state index in [9.17, 15) is 0 Å². The Bertz CT molecular complexity index is 152. The van der Waals surface area contributed by atoms with Gasteiger partial charge in [-0.1, -0.05) is 39.5 Å². The van der Waals surface area contributed by atoms with Crippen LogP contribution < -0.4 is 5.73 Å². The topological polar surface area (TPSA) is 35.2 Å². The van der Waals surface area contributed by atoms with Gasteiger partial charge in [0.25, 0.3) is 0 Å². The highest BCUT2D eigenvalue weighted by molar-refractivity contribution is 4.89. The molecule has 0 radical (unpaired) electrons.